The van der Waals surface area contributed by atoms with Crippen molar-refractivity contribution < 1.29 is 18.9 Å². The lowest BCUT2D eigenvalue weighted by atomic mass is 10.1. The van der Waals surface area contributed by atoms with Crippen LogP contribution in [-0.4, -0.2) is 26.7 Å². The second-order valence-electron chi connectivity index (χ2n) is 6.44. The van der Waals surface area contributed by atoms with E-state index in [0.717, 1.165) is 5.69 Å². The first-order valence-corrected chi connectivity index (χ1v) is 8.75. The minimum Gasteiger partial charge on any atom is -0.455 e. The number of nitrogens with zero attached hydrogens (tertiary/aromatic N) is 4. The van der Waals surface area contributed by atoms with Crippen LogP contribution in [0.4, 0.5) is 5.69 Å². The molecule has 1 atom stereocenters. The highest BCUT2D eigenvalue weighted by molar-refractivity contribution is 5.96. The molecule has 9 nitrogen and oxygen atoms in total. The number of carbonyl (C=O) groups is 1. The Hall–Kier alpha value is -4.01. The lowest BCUT2D eigenvalue weighted by Crippen LogP contribution is -2.24. The molecule has 4 rings (SSSR count). The number of carbonyl (C=O) groups excluding carboxylic acids is 1. The molecule has 2 aromatic heterocycles. The number of amides is 1. The average molecular weight is 392 g/mol. The lowest BCUT2D eigenvalue weighted by molar-refractivity contribution is -0.384. The van der Waals surface area contributed by atoms with E-state index in [9.17, 15) is 14.9 Å². The number of aryl methyl sites for hydroxylation is 1. The first-order chi connectivity index (χ1) is 13.9. The molecule has 0 spiro atoms. The fourth-order valence-corrected chi connectivity index (χ4v) is 2.88. The molecule has 3 heterocycles. The summed E-state index contributed by atoms with van der Waals surface area (Å²) >= 11 is 0. The minimum atomic E-state index is -0.878. The monoisotopic (exact) mass is 392 g/mol. The van der Waals surface area contributed by atoms with Crippen molar-refractivity contribution in [1.82, 2.24) is 9.99 Å². The largest absolute Gasteiger partial charge is 0.455 e. The molecule has 0 N–H and O–H groups in total. The third kappa shape index (κ3) is 3.57. The summed E-state index contributed by atoms with van der Waals surface area (Å²) in [4.78, 5) is 26.8. The van der Waals surface area contributed by atoms with E-state index < -0.39 is 11.2 Å². The van der Waals surface area contributed by atoms with Gasteiger partial charge in [0.15, 0.2) is 5.76 Å². The molecular weight excluding hydrogens is 376 g/mol. The first-order valence-electron chi connectivity index (χ1n) is 8.75. The zero-order valence-electron chi connectivity index (χ0n) is 15.6. The summed E-state index contributed by atoms with van der Waals surface area (Å²) in [7, 11) is 0. The number of furan rings is 1. The summed E-state index contributed by atoms with van der Waals surface area (Å²) in [6, 6.07) is 13.0. The quantitative estimate of drug-likeness (QED) is 0.493. The molecule has 29 heavy (non-hydrogen) atoms. The molecule has 1 aromatic carbocycles. The van der Waals surface area contributed by atoms with Gasteiger partial charge in [-0.05, 0) is 31.2 Å². The molecule has 0 unspecified atom stereocenters. The number of hydrogen-bond acceptors (Lipinski definition) is 7. The van der Waals surface area contributed by atoms with Gasteiger partial charge in [-0.2, -0.15) is 5.01 Å². The first kappa shape index (κ1) is 18.4. The average Bonchev–Trinajstić information content (AvgIpc) is 3.36. The maximum atomic E-state index is 12.1. The number of nitro benzene ring substituents is 1. The zero-order chi connectivity index (χ0) is 20.5. The molecule has 1 aliphatic rings. The van der Waals surface area contributed by atoms with Gasteiger partial charge in [0, 0.05) is 36.5 Å². The molecule has 0 saturated carbocycles. The molecule has 0 saturated heterocycles. The smallest absolute Gasteiger partial charge is 0.270 e. The molecule has 0 bridgehead atoms. The van der Waals surface area contributed by atoms with Crippen LogP contribution in [0.2, 0.25) is 0 Å². The molecular formula is C20H16N4O5. The van der Waals surface area contributed by atoms with Crippen LogP contribution in [-0.2, 0) is 9.53 Å². The van der Waals surface area contributed by atoms with Gasteiger partial charge in [0.05, 0.1) is 10.5 Å². The second kappa shape index (κ2) is 7.19. The van der Waals surface area contributed by atoms with Gasteiger partial charge in [-0.25, -0.2) is 0 Å². The number of non-ortho nitro benzene ring substituents is 1. The van der Waals surface area contributed by atoms with Gasteiger partial charge in [-0.1, -0.05) is 12.1 Å². The van der Waals surface area contributed by atoms with E-state index in [-0.39, 0.29) is 17.5 Å². The number of hydrazone groups is 1. The normalized spacial score (nSPS) is 15.7. The van der Waals surface area contributed by atoms with E-state index in [1.54, 1.807) is 36.5 Å². The Bertz CT molecular complexity index is 1120. The zero-order valence-corrected chi connectivity index (χ0v) is 15.6. The highest BCUT2D eigenvalue weighted by Gasteiger charge is 2.35. The van der Waals surface area contributed by atoms with Gasteiger partial charge in [0.2, 0.25) is 11.8 Å². The van der Waals surface area contributed by atoms with Crippen molar-refractivity contribution in [3.63, 3.8) is 0 Å². The topological polar surface area (TPSA) is 111 Å². The van der Waals surface area contributed by atoms with Crippen LogP contribution >= 0.6 is 0 Å². The fraction of sp³-hybridized carbons (Fsp3) is 0.150. The standard InChI is InChI=1S/C20H16N4O5/c1-12-6-7-15(11-21-12)19-22-23(13(2)25)20(29-19)18-9-8-17(28-18)14-4-3-5-16(10-14)24(26)27/h3-11,20H,1-2H3/t20-/m0/s1. The number of rotatable bonds is 4. The Morgan fingerprint density at radius 2 is 2.00 bits per heavy atom. The van der Waals surface area contributed by atoms with Crippen LogP contribution in [0.25, 0.3) is 11.3 Å². The summed E-state index contributed by atoms with van der Waals surface area (Å²) in [6.07, 6.45) is 0.738. The van der Waals surface area contributed by atoms with Crippen molar-refractivity contribution in [2.24, 2.45) is 5.10 Å². The number of benzene rings is 1. The van der Waals surface area contributed by atoms with Gasteiger partial charge >= 0.3 is 0 Å². The summed E-state index contributed by atoms with van der Waals surface area (Å²) < 4.78 is 11.7. The predicted molar refractivity (Wildman–Crippen MR) is 103 cm³/mol. The molecule has 1 aliphatic heterocycles. The Kier molecular flexibility index (Phi) is 4.55. The van der Waals surface area contributed by atoms with Crippen molar-refractivity contribution in [1.29, 1.82) is 0 Å². The van der Waals surface area contributed by atoms with Crippen molar-refractivity contribution in [2.45, 2.75) is 20.1 Å². The van der Waals surface area contributed by atoms with Crippen LogP contribution in [0.1, 0.15) is 30.2 Å². The fourth-order valence-electron chi connectivity index (χ4n) is 2.88. The predicted octanol–water partition coefficient (Wildman–Crippen LogP) is 3.80. The van der Waals surface area contributed by atoms with Crippen molar-refractivity contribution >= 4 is 17.5 Å². The summed E-state index contributed by atoms with van der Waals surface area (Å²) in [5.41, 5.74) is 1.98. The Labute approximate surface area is 165 Å². The van der Waals surface area contributed by atoms with Crippen LogP contribution in [0.3, 0.4) is 0 Å². The third-order valence-electron chi connectivity index (χ3n) is 4.34. The Balaban J connectivity index is 1.63. The van der Waals surface area contributed by atoms with Gasteiger partial charge in [-0.15, -0.1) is 5.10 Å². The summed E-state index contributed by atoms with van der Waals surface area (Å²) in [6.45, 7) is 3.24. The molecule has 0 aliphatic carbocycles. The Morgan fingerprint density at radius 3 is 2.69 bits per heavy atom. The number of aromatic nitrogens is 1. The molecule has 3 aromatic rings. The number of nitro groups is 1. The van der Waals surface area contributed by atoms with Crippen LogP contribution < -0.4 is 0 Å². The third-order valence-corrected chi connectivity index (χ3v) is 4.34. The van der Waals surface area contributed by atoms with Gasteiger partial charge in [0.25, 0.3) is 11.9 Å². The van der Waals surface area contributed by atoms with Crippen molar-refractivity contribution in [3.05, 3.63) is 81.9 Å². The van der Waals surface area contributed by atoms with Crippen molar-refractivity contribution in [2.75, 3.05) is 0 Å². The maximum absolute atomic E-state index is 12.1. The van der Waals surface area contributed by atoms with Crippen LogP contribution in [0, 0.1) is 17.0 Å². The summed E-state index contributed by atoms with van der Waals surface area (Å²) in [5.74, 6) is 0.700. The maximum Gasteiger partial charge on any atom is 0.270 e. The van der Waals surface area contributed by atoms with Crippen molar-refractivity contribution in [3.8, 4) is 11.3 Å². The number of pyridine rings is 1. The SMILES string of the molecule is CC(=O)N1N=C(c2ccc(C)nc2)O[C@H]1c1ccc(-c2cccc([N+](=O)[O-])c2)o1. The van der Waals surface area contributed by atoms with E-state index in [0.29, 0.717) is 22.6 Å². The minimum absolute atomic E-state index is 0.0413. The Morgan fingerprint density at radius 1 is 1.17 bits per heavy atom. The van der Waals surface area contributed by atoms with E-state index in [2.05, 4.69) is 10.1 Å². The second-order valence-corrected chi connectivity index (χ2v) is 6.44. The van der Waals surface area contributed by atoms with Crippen LogP contribution in [0.15, 0.2) is 64.2 Å². The number of ether oxygens (including phenoxy) is 1. The highest BCUT2D eigenvalue weighted by Crippen LogP contribution is 2.34. The highest BCUT2D eigenvalue weighted by atomic mass is 16.6. The molecule has 9 heteroatoms. The van der Waals surface area contributed by atoms with E-state index in [1.807, 2.05) is 13.0 Å². The lowest BCUT2D eigenvalue weighted by Gasteiger charge is -2.16. The molecule has 0 fully saturated rings. The number of hydrogen-bond donors (Lipinski definition) is 0. The van der Waals surface area contributed by atoms with E-state index in [1.165, 1.54) is 24.1 Å². The van der Waals surface area contributed by atoms with Gasteiger partial charge in [0.1, 0.15) is 5.76 Å². The van der Waals surface area contributed by atoms with E-state index in [4.69, 9.17) is 9.15 Å². The molecule has 146 valence electrons. The van der Waals surface area contributed by atoms with Gasteiger partial charge < -0.3 is 9.15 Å². The molecule has 1 amide bonds. The van der Waals surface area contributed by atoms with Crippen LogP contribution in [0.5, 0.6) is 0 Å². The molecule has 0 radical (unpaired) electrons. The van der Waals surface area contributed by atoms with Gasteiger partial charge in [-0.3, -0.25) is 19.9 Å². The summed E-state index contributed by atoms with van der Waals surface area (Å²) in [5, 5.41) is 16.4. The van der Waals surface area contributed by atoms with E-state index >= 15 is 0 Å².